The van der Waals surface area contributed by atoms with Gasteiger partial charge in [-0.1, -0.05) is 23.4 Å². The summed E-state index contributed by atoms with van der Waals surface area (Å²) in [5.41, 5.74) is 0. The molecule has 7 heteroatoms. The van der Waals surface area contributed by atoms with Crippen LogP contribution in [0, 0.1) is 0 Å². The molecule has 0 aliphatic heterocycles. The van der Waals surface area contributed by atoms with Gasteiger partial charge in [-0.25, -0.2) is 4.98 Å². The molecule has 0 unspecified atom stereocenters. The number of aromatic nitrogens is 4. The summed E-state index contributed by atoms with van der Waals surface area (Å²) in [6.07, 6.45) is 6.95. The van der Waals surface area contributed by atoms with E-state index in [1.807, 2.05) is 6.20 Å². The van der Waals surface area contributed by atoms with E-state index in [-0.39, 0.29) is 0 Å². The Morgan fingerprint density at radius 3 is 2.79 bits per heavy atom. The van der Waals surface area contributed by atoms with Crippen LogP contribution in [0.25, 0.3) is 0 Å². The fraction of sp³-hybridized carbons (Fsp3) is 0.583. The zero-order valence-electron chi connectivity index (χ0n) is 10.3. The molecule has 4 nitrogen and oxygen atoms in total. The molecular weight excluding hydrogens is 300 g/mol. The Hall–Kier alpha value is -0.590. The molecule has 2 aliphatic carbocycles. The fourth-order valence-corrected chi connectivity index (χ4v) is 4.18. The molecule has 2 saturated carbocycles. The van der Waals surface area contributed by atoms with Crippen LogP contribution in [0.15, 0.2) is 11.4 Å². The Morgan fingerprint density at radius 2 is 2.16 bits per heavy atom. The van der Waals surface area contributed by atoms with Crippen LogP contribution in [0.4, 0.5) is 0 Å². The lowest BCUT2D eigenvalue weighted by atomic mass is 10.4. The Labute approximate surface area is 124 Å². The fourth-order valence-electron chi connectivity index (χ4n) is 2.17. The quantitative estimate of drug-likeness (QED) is 0.786. The minimum atomic E-state index is 0.609. The molecule has 0 aromatic carbocycles. The lowest BCUT2D eigenvalue weighted by molar-refractivity contribution is 0.627. The van der Waals surface area contributed by atoms with E-state index < -0.39 is 0 Å². The van der Waals surface area contributed by atoms with Gasteiger partial charge in [-0.15, -0.1) is 21.5 Å². The SMILES string of the molecule is Clc1ncc(CSc2nnc(C3CC3)n2C2CC2)s1. The molecule has 2 aromatic rings. The summed E-state index contributed by atoms with van der Waals surface area (Å²) in [6, 6.07) is 0.651. The summed E-state index contributed by atoms with van der Waals surface area (Å²) in [5, 5.41) is 9.86. The van der Waals surface area contributed by atoms with Gasteiger partial charge in [0.15, 0.2) is 9.62 Å². The summed E-state index contributed by atoms with van der Waals surface area (Å²) in [4.78, 5) is 5.26. The van der Waals surface area contributed by atoms with Gasteiger partial charge in [-0.3, -0.25) is 0 Å². The molecule has 0 bridgehead atoms. The second-order valence-corrected chi connectivity index (χ2v) is 7.72. The molecule has 19 heavy (non-hydrogen) atoms. The Balaban J connectivity index is 1.53. The summed E-state index contributed by atoms with van der Waals surface area (Å²) in [6.45, 7) is 0. The number of thioether (sulfide) groups is 1. The van der Waals surface area contributed by atoms with Crippen molar-refractivity contribution in [2.24, 2.45) is 0 Å². The van der Waals surface area contributed by atoms with Crippen LogP contribution in [0.5, 0.6) is 0 Å². The molecule has 2 fully saturated rings. The molecule has 4 rings (SSSR count). The molecule has 0 saturated heterocycles. The average Bonchev–Trinajstić information content (AvgIpc) is 3.33. The van der Waals surface area contributed by atoms with Crippen molar-refractivity contribution in [3.63, 3.8) is 0 Å². The second kappa shape index (κ2) is 4.75. The van der Waals surface area contributed by atoms with Gasteiger partial charge in [-0.2, -0.15) is 0 Å². The van der Waals surface area contributed by atoms with Gasteiger partial charge in [0.05, 0.1) is 0 Å². The normalized spacial score (nSPS) is 19.0. The van der Waals surface area contributed by atoms with Crippen LogP contribution in [0.3, 0.4) is 0 Å². The largest absolute Gasteiger partial charge is 0.303 e. The highest BCUT2D eigenvalue weighted by molar-refractivity contribution is 7.98. The number of nitrogens with zero attached hydrogens (tertiary/aromatic N) is 4. The molecule has 2 aliphatic rings. The van der Waals surface area contributed by atoms with Crippen LogP contribution in [0.2, 0.25) is 4.47 Å². The predicted molar refractivity (Wildman–Crippen MR) is 77.0 cm³/mol. The second-order valence-electron chi connectivity index (χ2n) is 5.08. The predicted octanol–water partition coefficient (Wildman–Crippen LogP) is 3.89. The van der Waals surface area contributed by atoms with Crippen molar-refractivity contribution in [2.45, 2.75) is 48.6 Å². The van der Waals surface area contributed by atoms with Crippen LogP contribution < -0.4 is 0 Å². The lowest BCUT2D eigenvalue weighted by Gasteiger charge is -2.07. The van der Waals surface area contributed by atoms with E-state index >= 15 is 0 Å². The molecule has 100 valence electrons. The summed E-state index contributed by atoms with van der Waals surface area (Å²) in [7, 11) is 0. The standard InChI is InChI=1S/C12H13ClN4S2/c13-11-14-5-9(19-11)6-18-12-16-15-10(7-1-2-7)17(12)8-3-4-8/h5,7-8H,1-4,6H2. The highest BCUT2D eigenvalue weighted by Crippen LogP contribution is 2.46. The average molecular weight is 313 g/mol. The minimum absolute atomic E-state index is 0.609. The molecule has 0 amide bonds. The number of thiazole rings is 1. The van der Waals surface area contributed by atoms with Crippen LogP contribution in [-0.2, 0) is 5.75 Å². The van der Waals surface area contributed by atoms with Crippen LogP contribution >= 0.6 is 34.7 Å². The Bertz CT molecular complexity index is 601. The molecule has 0 N–H and O–H groups in total. The first-order valence-electron chi connectivity index (χ1n) is 6.49. The molecule has 2 heterocycles. The zero-order chi connectivity index (χ0) is 12.8. The van der Waals surface area contributed by atoms with Crippen molar-refractivity contribution < 1.29 is 0 Å². The first kappa shape index (κ1) is 12.2. The smallest absolute Gasteiger partial charge is 0.191 e. The summed E-state index contributed by atoms with van der Waals surface area (Å²) >= 11 is 9.14. The van der Waals surface area contributed by atoms with E-state index in [0.717, 1.165) is 10.9 Å². The van der Waals surface area contributed by atoms with E-state index in [4.69, 9.17) is 11.6 Å². The maximum atomic E-state index is 5.85. The van der Waals surface area contributed by atoms with Crippen molar-refractivity contribution in [3.8, 4) is 0 Å². The van der Waals surface area contributed by atoms with Crippen LogP contribution in [0.1, 0.15) is 48.3 Å². The van der Waals surface area contributed by atoms with E-state index in [2.05, 4.69) is 19.7 Å². The number of halogens is 1. The Kier molecular flexibility index (Phi) is 3.04. The Morgan fingerprint density at radius 1 is 1.32 bits per heavy atom. The van der Waals surface area contributed by atoms with E-state index in [9.17, 15) is 0 Å². The van der Waals surface area contributed by atoms with Crippen molar-refractivity contribution in [3.05, 3.63) is 21.4 Å². The van der Waals surface area contributed by atoms with Crippen molar-refractivity contribution in [1.29, 1.82) is 0 Å². The molecule has 2 aromatic heterocycles. The lowest BCUT2D eigenvalue weighted by Crippen LogP contribution is -2.01. The van der Waals surface area contributed by atoms with Gasteiger partial charge in [0.2, 0.25) is 0 Å². The van der Waals surface area contributed by atoms with Gasteiger partial charge >= 0.3 is 0 Å². The van der Waals surface area contributed by atoms with E-state index in [0.29, 0.717) is 16.4 Å². The number of hydrogen-bond acceptors (Lipinski definition) is 5. The van der Waals surface area contributed by atoms with Gasteiger partial charge in [0, 0.05) is 28.8 Å². The maximum Gasteiger partial charge on any atom is 0.191 e. The minimum Gasteiger partial charge on any atom is -0.303 e. The molecule has 0 radical (unpaired) electrons. The van der Waals surface area contributed by atoms with E-state index in [1.165, 1.54) is 47.7 Å². The van der Waals surface area contributed by atoms with Crippen molar-refractivity contribution in [1.82, 2.24) is 19.7 Å². The van der Waals surface area contributed by atoms with Crippen molar-refractivity contribution >= 4 is 34.7 Å². The summed E-state index contributed by atoms with van der Waals surface area (Å²) in [5.74, 6) is 2.76. The number of hydrogen-bond donors (Lipinski definition) is 0. The number of rotatable bonds is 5. The van der Waals surface area contributed by atoms with Gasteiger partial charge in [0.1, 0.15) is 5.82 Å². The third kappa shape index (κ3) is 2.53. The van der Waals surface area contributed by atoms with Gasteiger partial charge in [-0.05, 0) is 25.7 Å². The highest BCUT2D eigenvalue weighted by Gasteiger charge is 2.36. The first-order valence-corrected chi connectivity index (χ1v) is 8.67. The maximum absolute atomic E-state index is 5.85. The third-order valence-corrected chi connectivity index (χ3v) is 5.70. The zero-order valence-corrected chi connectivity index (χ0v) is 12.6. The van der Waals surface area contributed by atoms with E-state index in [1.54, 1.807) is 11.8 Å². The third-order valence-electron chi connectivity index (χ3n) is 3.41. The molecular formula is C12H13ClN4S2. The monoisotopic (exact) mass is 312 g/mol. The van der Waals surface area contributed by atoms with Gasteiger partial charge in [0.25, 0.3) is 0 Å². The summed E-state index contributed by atoms with van der Waals surface area (Å²) < 4.78 is 2.99. The van der Waals surface area contributed by atoms with Crippen LogP contribution in [-0.4, -0.2) is 19.7 Å². The van der Waals surface area contributed by atoms with Gasteiger partial charge < -0.3 is 4.57 Å². The first-order chi connectivity index (χ1) is 9.31. The topological polar surface area (TPSA) is 43.6 Å². The highest BCUT2D eigenvalue weighted by atomic mass is 35.5. The van der Waals surface area contributed by atoms with Crippen molar-refractivity contribution in [2.75, 3.05) is 0 Å². The molecule has 0 atom stereocenters. The molecule has 0 spiro atoms.